The van der Waals surface area contributed by atoms with E-state index < -0.39 is 5.60 Å². The van der Waals surface area contributed by atoms with Crippen molar-refractivity contribution < 1.29 is 14.3 Å². The topological polar surface area (TPSA) is 47.6 Å². The van der Waals surface area contributed by atoms with Gasteiger partial charge in [-0.25, -0.2) is 4.79 Å². The van der Waals surface area contributed by atoms with Crippen molar-refractivity contribution in [3.05, 3.63) is 0 Å². The summed E-state index contributed by atoms with van der Waals surface area (Å²) in [6, 6.07) is 0.109. The fourth-order valence-corrected chi connectivity index (χ4v) is 2.19. The molecule has 0 radical (unpaired) electrons. The lowest BCUT2D eigenvalue weighted by atomic mass is 10.1. The molecule has 3 atom stereocenters. The van der Waals surface area contributed by atoms with Gasteiger partial charge in [-0.3, -0.25) is 0 Å². The number of carbonyl (C=O) groups is 1. The fourth-order valence-electron chi connectivity index (χ4n) is 2.19. The van der Waals surface area contributed by atoms with Crippen LogP contribution in [0, 0.1) is 18.3 Å². The maximum atomic E-state index is 11.6. The van der Waals surface area contributed by atoms with Gasteiger partial charge in [0.05, 0.1) is 6.10 Å². The van der Waals surface area contributed by atoms with Crippen LogP contribution in [0.1, 0.15) is 40.5 Å². The Morgan fingerprint density at radius 2 is 2.11 bits per heavy atom. The van der Waals surface area contributed by atoms with Gasteiger partial charge in [0.25, 0.3) is 0 Å². The smallest absolute Gasteiger partial charge is 0.407 e. The standard InChI is InChI=1S/C14H23NO3/c1-6-7-17-12-9-11(8-10(12)2)15-13(16)18-14(3,4)5/h1,10-12H,7-9H2,2-5H3,(H,15,16)/t10-,11+,12?/m0/s1. The number of carbonyl (C=O) groups excluding carboxylic acids is 1. The van der Waals surface area contributed by atoms with Gasteiger partial charge in [0.1, 0.15) is 12.2 Å². The lowest BCUT2D eigenvalue weighted by Gasteiger charge is -2.21. The Hall–Kier alpha value is -1.21. The Morgan fingerprint density at radius 3 is 2.67 bits per heavy atom. The summed E-state index contributed by atoms with van der Waals surface area (Å²) < 4.78 is 10.8. The Morgan fingerprint density at radius 1 is 1.44 bits per heavy atom. The largest absolute Gasteiger partial charge is 0.444 e. The van der Waals surface area contributed by atoms with Crippen LogP contribution in [0.2, 0.25) is 0 Å². The van der Waals surface area contributed by atoms with Gasteiger partial charge in [-0.15, -0.1) is 6.42 Å². The van der Waals surface area contributed by atoms with E-state index in [9.17, 15) is 4.79 Å². The predicted molar refractivity (Wildman–Crippen MR) is 70.1 cm³/mol. The van der Waals surface area contributed by atoms with E-state index >= 15 is 0 Å². The van der Waals surface area contributed by atoms with Gasteiger partial charge in [0, 0.05) is 6.04 Å². The summed E-state index contributed by atoms with van der Waals surface area (Å²) in [5, 5.41) is 2.88. The Balaban J connectivity index is 2.37. The maximum absolute atomic E-state index is 11.6. The van der Waals surface area contributed by atoms with Gasteiger partial charge in [-0.1, -0.05) is 12.8 Å². The Labute approximate surface area is 109 Å². The van der Waals surface area contributed by atoms with Crippen LogP contribution in [0.25, 0.3) is 0 Å². The van der Waals surface area contributed by atoms with Gasteiger partial charge >= 0.3 is 6.09 Å². The third kappa shape index (κ3) is 4.97. The predicted octanol–water partition coefficient (Wildman–Crippen LogP) is 2.33. The van der Waals surface area contributed by atoms with Crippen molar-refractivity contribution >= 4 is 6.09 Å². The summed E-state index contributed by atoms with van der Waals surface area (Å²) in [4.78, 5) is 11.6. The molecule has 1 aliphatic carbocycles. The molecule has 4 nitrogen and oxygen atoms in total. The third-order valence-corrected chi connectivity index (χ3v) is 2.91. The van der Waals surface area contributed by atoms with Gasteiger partial charge in [0.15, 0.2) is 0 Å². The number of amides is 1. The summed E-state index contributed by atoms with van der Waals surface area (Å²) in [7, 11) is 0. The number of terminal acetylenes is 1. The number of hydrogen-bond acceptors (Lipinski definition) is 3. The minimum absolute atomic E-state index is 0.109. The van der Waals surface area contributed by atoms with E-state index in [4.69, 9.17) is 15.9 Å². The molecule has 0 heterocycles. The third-order valence-electron chi connectivity index (χ3n) is 2.91. The molecule has 0 aromatic carbocycles. The molecule has 1 N–H and O–H groups in total. The molecule has 1 fully saturated rings. The fraction of sp³-hybridized carbons (Fsp3) is 0.786. The zero-order chi connectivity index (χ0) is 13.8. The minimum Gasteiger partial charge on any atom is -0.444 e. The maximum Gasteiger partial charge on any atom is 0.407 e. The number of hydrogen-bond donors (Lipinski definition) is 1. The molecule has 0 aromatic rings. The second kappa shape index (κ2) is 6.10. The number of rotatable bonds is 3. The van der Waals surface area contributed by atoms with Gasteiger partial charge in [-0.2, -0.15) is 0 Å². The lowest BCUT2D eigenvalue weighted by Crippen LogP contribution is -2.38. The van der Waals surface area contributed by atoms with Crippen molar-refractivity contribution in [2.24, 2.45) is 5.92 Å². The molecule has 1 aliphatic rings. The highest BCUT2D eigenvalue weighted by Gasteiger charge is 2.33. The lowest BCUT2D eigenvalue weighted by molar-refractivity contribution is 0.0469. The Bertz CT molecular complexity index is 327. The molecule has 0 saturated heterocycles. The highest BCUT2D eigenvalue weighted by molar-refractivity contribution is 5.68. The van der Waals surface area contributed by atoms with E-state index in [2.05, 4.69) is 18.2 Å². The van der Waals surface area contributed by atoms with Crippen LogP contribution >= 0.6 is 0 Å². The first-order valence-corrected chi connectivity index (χ1v) is 6.36. The zero-order valence-electron chi connectivity index (χ0n) is 11.7. The molecule has 0 spiro atoms. The normalized spacial score (nSPS) is 27.6. The summed E-state index contributed by atoms with van der Waals surface area (Å²) in [6.07, 6.45) is 6.63. The van der Waals surface area contributed by atoms with Crippen LogP contribution in [0.4, 0.5) is 4.79 Å². The summed E-state index contributed by atoms with van der Waals surface area (Å²) in [5.41, 5.74) is -0.465. The number of nitrogens with one attached hydrogen (secondary N) is 1. The summed E-state index contributed by atoms with van der Waals surface area (Å²) in [6.45, 7) is 7.99. The second-order valence-electron chi connectivity index (χ2n) is 5.85. The van der Waals surface area contributed by atoms with Crippen molar-refractivity contribution in [3.8, 4) is 12.3 Å². The number of ether oxygens (including phenoxy) is 2. The van der Waals surface area contributed by atoms with E-state index in [1.54, 1.807) is 0 Å². The molecule has 0 aromatic heterocycles. The first-order chi connectivity index (χ1) is 8.31. The van der Waals surface area contributed by atoms with Crippen molar-refractivity contribution in [1.82, 2.24) is 5.32 Å². The molecule has 1 saturated carbocycles. The van der Waals surface area contributed by atoms with Crippen molar-refractivity contribution in [2.75, 3.05) is 6.61 Å². The second-order valence-corrected chi connectivity index (χ2v) is 5.85. The van der Waals surface area contributed by atoms with E-state index in [0.29, 0.717) is 12.5 Å². The van der Waals surface area contributed by atoms with Crippen LogP contribution in [-0.2, 0) is 9.47 Å². The van der Waals surface area contributed by atoms with E-state index in [0.717, 1.165) is 12.8 Å². The van der Waals surface area contributed by atoms with Crippen molar-refractivity contribution in [1.29, 1.82) is 0 Å². The SMILES string of the molecule is C#CCOC1C[C@H](NC(=O)OC(C)(C)C)C[C@@H]1C. The highest BCUT2D eigenvalue weighted by Crippen LogP contribution is 2.28. The molecular formula is C14H23NO3. The zero-order valence-corrected chi connectivity index (χ0v) is 11.7. The first-order valence-electron chi connectivity index (χ1n) is 6.36. The van der Waals surface area contributed by atoms with E-state index in [1.165, 1.54) is 0 Å². The molecule has 1 amide bonds. The summed E-state index contributed by atoms with van der Waals surface area (Å²) in [5.74, 6) is 2.87. The molecule has 18 heavy (non-hydrogen) atoms. The molecule has 1 unspecified atom stereocenters. The Kier molecular flexibility index (Phi) is 5.03. The van der Waals surface area contributed by atoms with Crippen molar-refractivity contribution in [3.63, 3.8) is 0 Å². The average molecular weight is 253 g/mol. The molecule has 1 rings (SSSR count). The van der Waals surface area contributed by atoms with Crippen LogP contribution in [0.3, 0.4) is 0 Å². The molecule has 102 valence electrons. The quantitative estimate of drug-likeness (QED) is 0.785. The first kappa shape index (κ1) is 14.8. The van der Waals surface area contributed by atoms with Gasteiger partial charge < -0.3 is 14.8 Å². The molecule has 0 aliphatic heterocycles. The van der Waals surface area contributed by atoms with Gasteiger partial charge in [0.2, 0.25) is 0 Å². The summed E-state index contributed by atoms with van der Waals surface area (Å²) >= 11 is 0. The van der Waals surface area contributed by atoms with Crippen LogP contribution in [0.15, 0.2) is 0 Å². The average Bonchev–Trinajstić information content (AvgIpc) is 2.52. The van der Waals surface area contributed by atoms with Crippen molar-refractivity contribution in [2.45, 2.75) is 58.3 Å². The van der Waals surface area contributed by atoms with E-state index in [1.807, 2.05) is 20.8 Å². The van der Waals surface area contributed by atoms with Crippen LogP contribution in [-0.4, -0.2) is 30.4 Å². The molecule has 4 heteroatoms. The highest BCUT2D eigenvalue weighted by atomic mass is 16.6. The van der Waals surface area contributed by atoms with E-state index in [-0.39, 0.29) is 18.2 Å². The van der Waals surface area contributed by atoms with Crippen LogP contribution < -0.4 is 5.32 Å². The minimum atomic E-state index is -0.465. The molecule has 0 bridgehead atoms. The van der Waals surface area contributed by atoms with Gasteiger partial charge in [-0.05, 0) is 39.5 Å². The number of alkyl carbamates (subject to hydrolysis) is 1. The monoisotopic (exact) mass is 253 g/mol. The molecular weight excluding hydrogens is 230 g/mol. The van der Waals surface area contributed by atoms with Crippen LogP contribution in [0.5, 0.6) is 0 Å².